The third kappa shape index (κ3) is 6.49. The Balaban J connectivity index is 0.786. The Hall–Kier alpha value is -1.04. The molecule has 2 bridgehead atoms. The number of hydrogen-bond donors (Lipinski definition) is 2. The van der Waals surface area contributed by atoms with Gasteiger partial charge in [-0.2, -0.15) is 0 Å². The highest BCUT2D eigenvalue weighted by molar-refractivity contribution is 6.74. The number of β-lactam (4-membered cyclic amide) rings is 2. The normalized spacial score (nSPS) is 51.7. The molecule has 2 N–H and O–H groups in total. The first-order valence-corrected chi connectivity index (χ1v) is 30.9. The fourth-order valence-electron chi connectivity index (χ4n) is 18.8. The zero-order chi connectivity index (χ0) is 46.9. The molecule has 6 unspecified atom stereocenters. The molecule has 0 aromatic heterocycles. The van der Waals surface area contributed by atoms with Crippen LogP contribution in [0.5, 0.6) is 0 Å². The van der Waals surface area contributed by atoms with Crippen molar-refractivity contribution in [3.63, 3.8) is 0 Å². The maximum atomic E-state index is 14.2. The largest absolute Gasteiger partial charge is 0.461 e. The van der Waals surface area contributed by atoms with E-state index < -0.39 is 25.4 Å². The van der Waals surface area contributed by atoms with E-state index in [1.807, 2.05) is 4.90 Å². The Labute approximate surface area is 412 Å². The summed E-state index contributed by atoms with van der Waals surface area (Å²) in [6, 6.07) is -0.581. The fraction of sp³-hybridized carbons (Fsp3) is 0.906. The zero-order valence-electron chi connectivity index (χ0n) is 41.5. The van der Waals surface area contributed by atoms with Crippen LogP contribution in [-0.4, -0.2) is 94.7 Å². The van der Waals surface area contributed by atoms with Crippen molar-refractivity contribution in [3.8, 4) is 0 Å². The molecular weight excluding hydrogens is 907 g/mol. The van der Waals surface area contributed by atoms with E-state index in [2.05, 4.69) is 83.2 Å². The number of hydrogen-bond acceptors (Lipinski definition) is 7. The first-order chi connectivity index (χ1) is 31.0. The van der Waals surface area contributed by atoms with Crippen LogP contribution in [0.15, 0.2) is 11.8 Å². The molecule has 10 fully saturated rings. The van der Waals surface area contributed by atoms with Crippen LogP contribution in [0.3, 0.4) is 0 Å². The van der Waals surface area contributed by atoms with E-state index in [0.717, 1.165) is 64.2 Å². The van der Waals surface area contributed by atoms with Crippen LogP contribution in [0.1, 0.15) is 158 Å². The van der Waals surface area contributed by atoms with Gasteiger partial charge in [0.2, 0.25) is 11.8 Å². The molecule has 13 heteroatoms. The van der Waals surface area contributed by atoms with Gasteiger partial charge < -0.3 is 24.3 Å². The SMILES string of the molecule is CC(C)(C)[Si](C)(C)O[C@H]1CC[C@H]2[C@@H]3CC[C@@]45CC(=CC[C@]4(C)[C@H]3CC[C@]12C)NC(N1C(=O)C(Cl)C1C1C(Cl)C(=O)N1C1CC[C@@]2(C)[C@@H](CC[C@@H]3[C@@H]2CC[C@]2(C)[C@@H](OC(=O)CCl)CC[C@@H]32)C1)N5. The first kappa shape index (κ1) is 47.3. The van der Waals surface area contributed by atoms with Gasteiger partial charge in [0.05, 0.1) is 18.2 Å². The van der Waals surface area contributed by atoms with E-state index in [-0.39, 0.29) is 80.1 Å². The molecule has 8 aliphatic carbocycles. The summed E-state index contributed by atoms with van der Waals surface area (Å²) in [5.41, 5.74) is 1.62. The van der Waals surface area contributed by atoms with Crippen molar-refractivity contribution in [1.82, 2.24) is 20.4 Å². The molecule has 3 saturated heterocycles. The average Bonchev–Trinajstić information content (AvgIpc) is 3.78. The monoisotopic (exact) mass is 987 g/mol. The highest BCUT2D eigenvalue weighted by Crippen LogP contribution is 2.70. The Bertz CT molecular complexity index is 2050. The topological polar surface area (TPSA) is 100 Å². The van der Waals surface area contributed by atoms with Crippen molar-refractivity contribution in [3.05, 3.63) is 11.8 Å². The van der Waals surface area contributed by atoms with E-state index in [0.29, 0.717) is 47.5 Å². The molecule has 9 nitrogen and oxygen atoms in total. The predicted molar refractivity (Wildman–Crippen MR) is 263 cm³/mol. The molecule has 2 amide bonds. The van der Waals surface area contributed by atoms with Gasteiger partial charge in [0.15, 0.2) is 14.6 Å². The Morgan fingerprint density at radius 3 is 2.03 bits per heavy atom. The van der Waals surface area contributed by atoms with Gasteiger partial charge in [-0.15, -0.1) is 34.8 Å². The smallest absolute Gasteiger partial charge is 0.321 e. The molecule has 1 spiro atoms. The maximum Gasteiger partial charge on any atom is 0.321 e. The van der Waals surface area contributed by atoms with Gasteiger partial charge in [0.1, 0.15) is 22.7 Å². The van der Waals surface area contributed by atoms with Crippen molar-refractivity contribution in [2.45, 2.75) is 229 Å². The summed E-state index contributed by atoms with van der Waals surface area (Å²) >= 11 is 20.1. The molecule has 0 radical (unpaired) electrons. The van der Waals surface area contributed by atoms with Crippen LogP contribution >= 0.6 is 34.8 Å². The minimum absolute atomic E-state index is 0.00541. The van der Waals surface area contributed by atoms with Crippen molar-refractivity contribution < 1.29 is 23.5 Å². The lowest BCUT2D eigenvalue weighted by Gasteiger charge is -2.68. The van der Waals surface area contributed by atoms with Crippen LogP contribution in [0.25, 0.3) is 0 Å². The van der Waals surface area contributed by atoms with Crippen molar-refractivity contribution in [2.75, 3.05) is 5.88 Å². The lowest BCUT2D eigenvalue weighted by molar-refractivity contribution is -0.184. The highest BCUT2D eigenvalue weighted by atomic mass is 35.5. The molecule has 0 aromatic carbocycles. The molecular formula is C53H81Cl3N4O5Si. The number of allylic oxidation sites excluding steroid dienone is 1. The van der Waals surface area contributed by atoms with Crippen molar-refractivity contribution >= 4 is 60.9 Å². The van der Waals surface area contributed by atoms with Crippen LogP contribution in [-0.2, 0) is 23.5 Å². The Morgan fingerprint density at radius 2 is 1.35 bits per heavy atom. The average molecular weight is 989 g/mol. The van der Waals surface area contributed by atoms with Crippen molar-refractivity contribution in [2.24, 2.45) is 63.1 Å². The number of nitrogens with one attached hydrogen (secondary N) is 2. The number of esters is 1. The minimum atomic E-state index is -1.90. The van der Waals surface area contributed by atoms with Gasteiger partial charge in [-0.25, -0.2) is 0 Å². The van der Waals surface area contributed by atoms with Crippen LogP contribution < -0.4 is 10.6 Å². The minimum Gasteiger partial charge on any atom is -0.461 e. The van der Waals surface area contributed by atoms with Gasteiger partial charge in [0.25, 0.3) is 0 Å². The maximum absolute atomic E-state index is 14.2. The number of carbonyl (C=O) groups excluding carboxylic acids is 3. The molecule has 0 aromatic rings. The van der Waals surface area contributed by atoms with Gasteiger partial charge in [0, 0.05) is 29.1 Å². The van der Waals surface area contributed by atoms with Gasteiger partial charge in [-0.1, -0.05) is 54.5 Å². The summed E-state index contributed by atoms with van der Waals surface area (Å²) < 4.78 is 13.2. The van der Waals surface area contributed by atoms with Crippen LogP contribution in [0.2, 0.25) is 18.1 Å². The van der Waals surface area contributed by atoms with E-state index >= 15 is 0 Å². The van der Waals surface area contributed by atoms with Crippen LogP contribution in [0, 0.1) is 63.1 Å². The molecule has 11 rings (SSSR count). The molecule has 3 heterocycles. The van der Waals surface area contributed by atoms with E-state index in [1.165, 1.54) is 50.6 Å². The summed E-state index contributed by atoms with van der Waals surface area (Å²) in [7, 11) is -1.90. The standard InChI is InChI=1S/C53H81Cl3N4O5Si/c1-48(2,3)66(8,9)65-39-15-13-35-33-18-25-53-27-30(16-24-52(53,7)37(33)20-23-51(35,39)6)57-47(58-53)60-44(42(56)46(60)63)43-41(55)45(62)59(43)31-17-21-49(4)29(26-31)10-11-32-34-12-14-38(64-40(61)28-54)50(34,5)22-19-36(32)49/h16,29,31-39,41-44,47,57-58H,10-15,17-28H2,1-9H3/t29-,31?,32-,33-,34-,35-,36-,37-,38-,39-,41?,42?,43?,44?,47?,49-,50-,51-,52+,53+/m0/s1. The number of alkyl halides is 3. The third-order valence-electron chi connectivity index (χ3n) is 23.6. The Kier molecular flexibility index (Phi) is 11.3. The number of amides is 2. The van der Waals surface area contributed by atoms with Gasteiger partial charge in [-0.3, -0.25) is 19.7 Å². The lowest BCUT2D eigenvalue weighted by Crippen LogP contribution is -2.85. The number of ether oxygens (including phenoxy) is 1. The van der Waals surface area contributed by atoms with Gasteiger partial charge >= 0.3 is 5.97 Å². The summed E-state index contributed by atoms with van der Waals surface area (Å²) in [4.78, 5) is 44.6. The third-order valence-corrected chi connectivity index (χ3v) is 29.2. The quantitative estimate of drug-likeness (QED) is 0.113. The molecule has 20 atom stereocenters. The fourth-order valence-corrected chi connectivity index (χ4v) is 21.1. The summed E-state index contributed by atoms with van der Waals surface area (Å²) in [6.07, 6.45) is 21.3. The molecule has 368 valence electrons. The molecule has 3 aliphatic heterocycles. The number of fused-ring (bicyclic) bond motifs is 10. The van der Waals surface area contributed by atoms with E-state index in [1.54, 1.807) is 0 Å². The molecule has 66 heavy (non-hydrogen) atoms. The second-order valence-corrected chi connectivity index (χ2v) is 32.8. The number of likely N-dealkylation sites (tertiary alicyclic amines) is 2. The van der Waals surface area contributed by atoms with Crippen LogP contribution in [0.4, 0.5) is 0 Å². The van der Waals surface area contributed by atoms with E-state index in [9.17, 15) is 14.4 Å². The van der Waals surface area contributed by atoms with Crippen molar-refractivity contribution in [1.29, 1.82) is 0 Å². The van der Waals surface area contributed by atoms with Gasteiger partial charge in [-0.05, 0) is 179 Å². The summed E-state index contributed by atoms with van der Waals surface area (Å²) in [5.74, 6) is 3.91. The van der Waals surface area contributed by atoms with E-state index in [4.69, 9.17) is 44.0 Å². The number of nitrogens with zero attached hydrogens (tertiary/aromatic N) is 2. The lowest BCUT2D eigenvalue weighted by atomic mass is 9.43. The highest BCUT2D eigenvalue weighted by Gasteiger charge is 2.70. The summed E-state index contributed by atoms with van der Waals surface area (Å²) in [6.45, 7) is 22.1. The Morgan fingerprint density at radius 1 is 0.758 bits per heavy atom. The molecule has 7 saturated carbocycles. The number of carbonyl (C=O) groups is 3. The second kappa shape index (κ2) is 15.7. The number of rotatable bonds is 7. The molecule has 11 aliphatic rings. The first-order valence-electron chi connectivity index (χ1n) is 26.6. The second-order valence-electron chi connectivity index (χ2n) is 26.8. The zero-order valence-corrected chi connectivity index (χ0v) is 44.8. The predicted octanol–water partition coefficient (Wildman–Crippen LogP) is 10.7. The summed E-state index contributed by atoms with van der Waals surface area (Å²) in [5, 5.41) is 6.80. The number of halogens is 3.